The Bertz CT molecular complexity index is 426. The molecule has 0 heterocycles. The van der Waals surface area contributed by atoms with Gasteiger partial charge in [-0.15, -0.1) is 0 Å². The Balaban J connectivity index is 1.99. The van der Waals surface area contributed by atoms with Gasteiger partial charge in [0.05, 0.1) is 12.3 Å². The molecule has 0 spiro atoms. The van der Waals surface area contributed by atoms with Crippen molar-refractivity contribution in [2.45, 2.75) is 32.1 Å². The van der Waals surface area contributed by atoms with Crippen molar-refractivity contribution in [1.82, 2.24) is 0 Å². The molecule has 0 aromatic heterocycles. The van der Waals surface area contributed by atoms with Gasteiger partial charge in [0.1, 0.15) is 5.75 Å². The Morgan fingerprint density at radius 2 is 2.00 bits per heavy atom. The van der Waals surface area contributed by atoms with Crippen LogP contribution in [0.5, 0.6) is 5.75 Å². The van der Waals surface area contributed by atoms with Gasteiger partial charge in [-0.1, -0.05) is 19.3 Å². The van der Waals surface area contributed by atoms with Gasteiger partial charge in [0, 0.05) is 5.56 Å². The summed E-state index contributed by atoms with van der Waals surface area (Å²) in [5.41, 5.74) is 12.0. The first kappa shape index (κ1) is 12.7. The van der Waals surface area contributed by atoms with E-state index in [9.17, 15) is 4.79 Å². The lowest BCUT2D eigenvalue weighted by Gasteiger charge is -2.22. The maximum atomic E-state index is 11.1. The molecule has 1 amide bonds. The van der Waals surface area contributed by atoms with Gasteiger partial charge in [-0.25, -0.2) is 0 Å². The topological polar surface area (TPSA) is 78.3 Å². The van der Waals surface area contributed by atoms with E-state index in [1.165, 1.54) is 32.1 Å². The first-order chi connectivity index (χ1) is 8.66. The van der Waals surface area contributed by atoms with E-state index in [1.54, 1.807) is 18.2 Å². The Labute approximate surface area is 107 Å². The van der Waals surface area contributed by atoms with E-state index in [4.69, 9.17) is 16.2 Å². The predicted molar refractivity (Wildman–Crippen MR) is 71.4 cm³/mol. The summed E-state index contributed by atoms with van der Waals surface area (Å²) in [6.07, 6.45) is 6.33. The second-order valence-corrected chi connectivity index (χ2v) is 4.93. The van der Waals surface area contributed by atoms with E-state index in [2.05, 4.69) is 0 Å². The molecule has 1 aromatic rings. The molecule has 18 heavy (non-hydrogen) atoms. The van der Waals surface area contributed by atoms with Crippen LogP contribution in [-0.2, 0) is 0 Å². The van der Waals surface area contributed by atoms with Crippen molar-refractivity contribution in [2.24, 2.45) is 11.7 Å². The first-order valence-corrected chi connectivity index (χ1v) is 6.49. The number of hydrogen-bond acceptors (Lipinski definition) is 3. The molecule has 0 saturated heterocycles. The Hall–Kier alpha value is -1.71. The van der Waals surface area contributed by atoms with Crippen LogP contribution >= 0.6 is 0 Å². The van der Waals surface area contributed by atoms with Crippen molar-refractivity contribution in [2.75, 3.05) is 12.3 Å². The molecule has 0 aliphatic heterocycles. The lowest BCUT2D eigenvalue weighted by atomic mass is 9.90. The minimum absolute atomic E-state index is 0.433. The minimum atomic E-state index is -0.461. The van der Waals surface area contributed by atoms with E-state index >= 15 is 0 Å². The zero-order chi connectivity index (χ0) is 13.0. The number of nitrogen functional groups attached to an aromatic ring is 1. The van der Waals surface area contributed by atoms with Crippen LogP contribution in [0.3, 0.4) is 0 Å². The van der Waals surface area contributed by atoms with Crippen molar-refractivity contribution in [1.29, 1.82) is 0 Å². The van der Waals surface area contributed by atoms with Gasteiger partial charge in [-0.2, -0.15) is 0 Å². The predicted octanol–water partition coefficient (Wildman–Crippen LogP) is 2.33. The van der Waals surface area contributed by atoms with Crippen LogP contribution < -0.4 is 16.2 Å². The fourth-order valence-corrected chi connectivity index (χ4v) is 2.37. The second kappa shape index (κ2) is 5.76. The van der Waals surface area contributed by atoms with Gasteiger partial charge in [-0.05, 0) is 37.0 Å². The van der Waals surface area contributed by atoms with E-state index in [-0.39, 0.29) is 0 Å². The highest BCUT2D eigenvalue weighted by Crippen LogP contribution is 2.27. The third-order valence-electron chi connectivity index (χ3n) is 3.50. The highest BCUT2D eigenvalue weighted by molar-refractivity contribution is 5.93. The highest BCUT2D eigenvalue weighted by atomic mass is 16.5. The third kappa shape index (κ3) is 3.15. The average Bonchev–Trinajstić information content (AvgIpc) is 2.38. The van der Waals surface area contributed by atoms with E-state index in [1.807, 2.05) is 0 Å². The number of carbonyl (C=O) groups is 1. The third-order valence-corrected chi connectivity index (χ3v) is 3.50. The van der Waals surface area contributed by atoms with Crippen LogP contribution in [0.1, 0.15) is 42.5 Å². The molecule has 2 rings (SSSR count). The maximum absolute atomic E-state index is 11.1. The molecule has 4 heteroatoms. The Morgan fingerprint density at radius 1 is 1.28 bits per heavy atom. The smallest absolute Gasteiger partial charge is 0.248 e. The molecule has 1 fully saturated rings. The molecule has 1 aliphatic rings. The summed E-state index contributed by atoms with van der Waals surface area (Å²) < 4.78 is 5.73. The van der Waals surface area contributed by atoms with Gasteiger partial charge in [0.25, 0.3) is 0 Å². The average molecular weight is 248 g/mol. The van der Waals surface area contributed by atoms with Crippen molar-refractivity contribution in [3.05, 3.63) is 23.8 Å². The number of amides is 1. The number of benzene rings is 1. The van der Waals surface area contributed by atoms with Gasteiger partial charge in [-0.3, -0.25) is 4.79 Å². The molecule has 1 aromatic carbocycles. The standard InChI is InChI=1S/C14H20N2O2/c15-12-7-6-11(14(16)17)8-13(12)18-9-10-4-2-1-3-5-10/h6-8,10H,1-5,9,15H2,(H2,16,17). The lowest BCUT2D eigenvalue weighted by Crippen LogP contribution is -2.16. The number of ether oxygens (including phenoxy) is 1. The molecule has 4 N–H and O–H groups in total. The summed E-state index contributed by atoms with van der Waals surface area (Å²) >= 11 is 0. The lowest BCUT2D eigenvalue weighted by molar-refractivity contribution is 0.0999. The number of carbonyl (C=O) groups excluding carboxylic acids is 1. The van der Waals surface area contributed by atoms with Crippen LogP contribution in [0.4, 0.5) is 5.69 Å². The van der Waals surface area contributed by atoms with E-state index in [0.717, 1.165) is 0 Å². The van der Waals surface area contributed by atoms with Crippen LogP contribution in [0.25, 0.3) is 0 Å². The molecule has 1 saturated carbocycles. The number of hydrogen-bond donors (Lipinski definition) is 2. The summed E-state index contributed by atoms with van der Waals surface area (Å²) in [5.74, 6) is 0.713. The molecule has 0 unspecified atom stereocenters. The summed E-state index contributed by atoms with van der Waals surface area (Å²) in [5, 5.41) is 0. The molecule has 98 valence electrons. The van der Waals surface area contributed by atoms with Gasteiger partial charge >= 0.3 is 0 Å². The van der Waals surface area contributed by atoms with Gasteiger partial charge in [0.2, 0.25) is 5.91 Å². The molecule has 0 radical (unpaired) electrons. The van der Waals surface area contributed by atoms with Crippen molar-refractivity contribution in [3.63, 3.8) is 0 Å². The molecule has 0 bridgehead atoms. The highest BCUT2D eigenvalue weighted by Gasteiger charge is 2.15. The molecule has 1 aliphatic carbocycles. The maximum Gasteiger partial charge on any atom is 0.248 e. The summed E-state index contributed by atoms with van der Waals surface area (Å²) in [7, 11) is 0. The van der Waals surface area contributed by atoms with Gasteiger partial charge in [0.15, 0.2) is 0 Å². The van der Waals surface area contributed by atoms with Crippen LogP contribution in [0.15, 0.2) is 18.2 Å². The number of nitrogens with two attached hydrogens (primary N) is 2. The summed E-state index contributed by atoms with van der Waals surface area (Å²) in [6.45, 7) is 0.673. The molecular formula is C14H20N2O2. The SMILES string of the molecule is NC(=O)c1ccc(N)c(OCC2CCCCC2)c1. The largest absolute Gasteiger partial charge is 0.491 e. The van der Waals surface area contributed by atoms with Crippen LogP contribution in [0.2, 0.25) is 0 Å². The quantitative estimate of drug-likeness (QED) is 0.803. The van der Waals surface area contributed by atoms with Gasteiger partial charge < -0.3 is 16.2 Å². The van der Waals surface area contributed by atoms with Crippen molar-refractivity contribution in [3.8, 4) is 5.75 Å². The first-order valence-electron chi connectivity index (χ1n) is 6.49. The normalized spacial score (nSPS) is 16.4. The number of anilines is 1. The van der Waals surface area contributed by atoms with E-state index < -0.39 is 5.91 Å². The zero-order valence-electron chi connectivity index (χ0n) is 10.5. The molecule has 0 atom stereocenters. The number of rotatable bonds is 4. The summed E-state index contributed by atoms with van der Waals surface area (Å²) in [4.78, 5) is 11.1. The van der Waals surface area contributed by atoms with E-state index in [0.29, 0.717) is 29.5 Å². The monoisotopic (exact) mass is 248 g/mol. The van der Waals surface area contributed by atoms with Crippen molar-refractivity contribution < 1.29 is 9.53 Å². The molecule has 4 nitrogen and oxygen atoms in total. The number of primary amides is 1. The Kier molecular flexibility index (Phi) is 4.07. The second-order valence-electron chi connectivity index (χ2n) is 4.93. The minimum Gasteiger partial charge on any atom is -0.491 e. The fraction of sp³-hybridized carbons (Fsp3) is 0.500. The fourth-order valence-electron chi connectivity index (χ4n) is 2.37. The summed E-state index contributed by atoms with van der Waals surface area (Å²) in [6, 6.07) is 4.90. The van der Waals surface area contributed by atoms with Crippen LogP contribution in [0, 0.1) is 5.92 Å². The zero-order valence-corrected chi connectivity index (χ0v) is 10.5. The Morgan fingerprint density at radius 3 is 2.67 bits per heavy atom. The van der Waals surface area contributed by atoms with Crippen molar-refractivity contribution >= 4 is 11.6 Å². The van der Waals surface area contributed by atoms with Crippen LogP contribution in [-0.4, -0.2) is 12.5 Å². The molecular weight excluding hydrogens is 228 g/mol.